The van der Waals surface area contributed by atoms with E-state index in [0.29, 0.717) is 4.80 Å². The highest BCUT2D eigenvalue weighted by Crippen LogP contribution is 2.21. The van der Waals surface area contributed by atoms with Crippen molar-refractivity contribution in [3.05, 3.63) is 40.6 Å². The molecule has 6 heteroatoms. The normalized spacial score (nSPS) is 15.5. The third-order valence-corrected chi connectivity index (χ3v) is 4.26. The fourth-order valence-electron chi connectivity index (χ4n) is 2.43. The first-order chi connectivity index (χ1) is 10.3. The van der Waals surface area contributed by atoms with Crippen molar-refractivity contribution in [2.24, 2.45) is 4.99 Å². The van der Waals surface area contributed by atoms with E-state index in [1.807, 2.05) is 40.4 Å². The first kappa shape index (κ1) is 13.9. The molecular weight excluding hydrogens is 286 g/mol. The summed E-state index contributed by atoms with van der Waals surface area (Å²) in [6.07, 6.45) is 4.04. The van der Waals surface area contributed by atoms with E-state index in [2.05, 4.69) is 4.99 Å². The van der Waals surface area contributed by atoms with Crippen LogP contribution in [0.4, 0.5) is 4.79 Å². The van der Waals surface area contributed by atoms with E-state index >= 15 is 0 Å². The summed E-state index contributed by atoms with van der Waals surface area (Å²) in [7, 11) is 1.64. The maximum absolute atomic E-state index is 12.2. The Morgan fingerprint density at radius 3 is 2.81 bits per heavy atom. The van der Waals surface area contributed by atoms with E-state index in [-0.39, 0.29) is 6.03 Å². The lowest BCUT2D eigenvalue weighted by Crippen LogP contribution is -2.27. The number of carbonyl (C=O) groups is 1. The van der Waals surface area contributed by atoms with Crippen LogP contribution in [0.25, 0.3) is 5.69 Å². The lowest BCUT2D eigenvalue weighted by Gasteiger charge is -2.11. The zero-order valence-corrected chi connectivity index (χ0v) is 12.7. The Bertz CT molecular complexity index is 699. The van der Waals surface area contributed by atoms with Gasteiger partial charge in [-0.15, -0.1) is 11.3 Å². The molecule has 0 saturated carbocycles. The van der Waals surface area contributed by atoms with E-state index < -0.39 is 0 Å². The van der Waals surface area contributed by atoms with Gasteiger partial charge in [0.2, 0.25) is 0 Å². The SMILES string of the molecule is COc1ccccc1-n1ccs/c1=N\C(=O)N1CCCC1. The van der Waals surface area contributed by atoms with Crippen LogP contribution < -0.4 is 9.54 Å². The summed E-state index contributed by atoms with van der Waals surface area (Å²) in [5.41, 5.74) is 0.884. The number of thiazole rings is 1. The number of aromatic nitrogens is 1. The number of hydrogen-bond acceptors (Lipinski definition) is 3. The molecule has 5 nitrogen and oxygen atoms in total. The van der Waals surface area contributed by atoms with E-state index in [4.69, 9.17) is 4.74 Å². The van der Waals surface area contributed by atoms with Crippen molar-refractivity contribution in [1.29, 1.82) is 0 Å². The predicted molar refractivity (Wildman–Crippen MR) is 82.0 cm³/mol. The van der Waals surface area contributed by atoms with Crippen LogP contribution in [0, 0.1) is 0 Å². The summed E-state index contributed by atoms with van der Waals surface area (Å²) >= 11 is 1.44. The topological polar surface area (TPSA) is 46.8 Å². The van der Waals surface area contributed by atoms with E-state index in [1.54, 1.807) is 12.0 Å². The summed E-state index contributed by atoms with van der Waals surface area (Å²) in [6, 6.07) is 7.55. The second-order valence-electron chi connectivity index (χ2n) is 4.82. The Kier molecular flexibility index (Phi) is 4.06. The van der Waals surface area contributed by atoms with Gasteiger partial charge in [0, 0.05) is 24.7 Å². The molecule has 1 fully saturated rings. The van der Waals surface area contributed by atoms with Gasteiger partial charge in [-0.05, 0) is 25.0 Å². The highest BCUT2D eigenvalue weighted by Gasteiger charge is 2.17. The van der Waals surface area contributed by atoms with Gasteiger partial charge in [-0.2, -0.15) is 4.99 Å². The van der Waals surface area contributed by atoms with Crippen LogP contribution >= 0.6 is 11.3 Å². The third kappa shape index (κ3) is 2.85. The molecule has 0 bridgehead atoms. The number of nitrogens with zero attached hydrogens (tertiary/aromatic N) is 3. The molecule has 1 aromatic heterocycles. The molecule has 0 spiro atoms. The van der Waals surface area contributed by atoms with Crippen LogP contribution in [0.5, 0.6) is 5.75 Å². The number of rotatable bonds is 2. The molecule has 1 aliphatic rings. The summed E-state index contributed by atoms with van der Waals surface area (Å²) < 4.78 is 7.26. The third-order valence-electron chi connectivity index (χ3n) is 3.50. The molecule has 0 unspecified atom stereocenters. The van der Waals surface area contributed by atoms with Crippen LogP contribution in [0.3, 0.4) is 0 Å². The van der Waals surface area contributed by atoms with Gasteiger partial charge in [-0.25, -0.2) is 4.79 Å². The largest absolute Gasteiger partial charge is 0.495 e. The monoisotopic (exact) mass is 303 g/mol. The number of urea groups is 1. The summed E-state index contributed by atoms with van der Waals surface area (Å²) in [4.78, 5) is 18.9. The molecule has 3 rings (SSSR count). The number of benzene rings is 1. The predicted octanol–water partition coefficient (Wildman–Crippen LogP) is 2.66. The van der Waals surface area contributed by atoms with Crippen molar-refractivity contribution in [3.8, 4) is 11.4 Å². The Morgan fingerprint density at radius 1 is 1.29 bits per heavy atom. The fraction of sp³-hybridized carbons (Fsp3) is 0.333. The van der Waals surface area contributed by atoms with Gasteiger partial charge in [0.1, 0.15) is 5.75 Å². The standard InChI is InChI=1S/C15H17N3O2S/c1-20-13-7-3-2-6-12(13)18-10-11-21-15(18)16-14(19)17-8-4-5-9-17/h2-3,6-7,10-11H,4-5,8-9H2,1H3/b16-15-. The van der Waals surface area contributed by atoms with Crippen LogP contribution in [0.2, 0.25) is 0 Å². The minimum absolute atomic E-state index is 0.154. The number of methoxy groups -OCH3 is 1. The first-order valence-corrected chi connectivity index (χ1v) is 7.81. The van der Waals surface area contributed by atoms with Gasteiger partial charge < -0.3 is 9.64 Å². The molecule has 2 aromatic rings. The smallest absolute Gasteiger partial charge is 0.346 e. The quantitative estimate of drug-likeness (QED) is 0.856. The average molecular weight is 303 g/mol. The Morgan fingerprint density at radius 2 is 2.05 bits per heavy atom. The molecule has 0 aliphatic carbocycles. The van der Waals surface area contributed by atoms with E-state index in [9.17, 15) is 4.79 Å². The van der Waals surface area contributed by atoms with Crippen molar-refractivity contribution in [1.82, 2.24) is 9.47 Å². The number of para-hydroxylation sites is 2. The van der Waals surface area contributed by atoms with Gasteiger partial charge in [0.15, 0.2) is 4.80 Å². The van der Waals surface area contributed by atoms with Crippen LogP contribution in [0.1, 0.15) is 12.8 Å². The van der Waals surface area contributed by atoms with Crippen molar-refractivity contribution in [3.63, 3.8) is 0 Å². The van der Waals surface area contributed by atoms with Crippen LogP contribution in [-0.2, 0) is 0 Å². The van der Waals surface area contributed by atoms with Gasteiger partial charge >= 0.3 is 6.03 Å². The second-order valence-corrected chi connectivity index (χ2v) is 5.69. The molecule has 0 atom stereocenters. The van der Waals surface area contributed by atoms with Crippen molar-refractivity contribution < 1.29 is 9.53 Å². The molecule has 2 heterocycles. The summed E-state index contributed by atoms with van der Waals surface area (Å²) in [6.45, 7) is 1.62. The van der Waals surface area contributed by atoms with Gasteiger partial charge in [-0.1, -0.05) is 12.1 Å². The lowest BCUT2D eigenvalue weighted by atomic mass is 10.3. The Labute approximate surface area is 127 Å². The fourth-order valence-corrected chi connectivity index (χ4v) is 3.13. The summed E-state index contributed by atoms with van der Waals surface area (Å²) in [5, 5.41) is 1.92. The minimum atomic E-state index is -0.154. The Balaban J connectivity index is 1.99. The molecule has 1 aliphatic heterocycles. The average Bonchev–Trinajstić information content (AvgIpc) is 3.18. The van der Waals surface area contributed by atoms with Crippen molar-refractivity contribution >= 4 is 17.4 Å². The van der Waals surface area contributed by atoms with Gasteiger partial charge in [0.25, 0.3) is 0 Å². The zero-order valence-electron chi connectivity index (χ0n) is 11.9. The van der Waals surface area contributed by atoms with Crippen molar-refractivity contribution in [2.45, 2.75) is 12.8 Å². The van der Waals surface area contributed by atoms with Crippen molar-refractivity contribution in [2.75, 3.05) is 20.2 Å². The van der Waals surface area contributed by atoms with E-state index in [1.165, 1.54) is 11.3 Å². The van der Waals surface area contributed by atoms with Crippen LogP contribution in [0.15, 0.2) is 40.8 Å². The van der Waals surface area contributed by atoms with Gasteiger partial charge in [-0.3, -0.25) is 4.57 Å². The first-order valence-electron chi connectivity index (χ1n) is 6.93. The van der Waals surface area contributed by atoms with E-state index in [0.717, 1.165) is 37.4 Å². The minimum Gasteiger partial charge on any atom is -0.495 e. The molecule has 1 aromatic carbocycles. The Hall–Kier alpha value is -2.08. The summed E-state index contributed by atoms with van der Waals surface area (Å²) in [5.74, 6) is 0.756. The molecule has 0 N–H and O–H groups in total. The second kappa shape index (κ2) is 6.13. The highest BCUT2D eigenvalue weighted by molar-refractivity contribution is 7.07. The number of ether oxygens (including phenoxy) is 1. The molecular formula is C15H17N3O2S. The molecule has 1 saturated heterocycles. The van der Waals surface area contributed by atoms with Gasteiger partial charge in [0.05, 0.1) is 12.8 Å². The molecule has 0 radical (unpaired) electrons. The maximum Gasteiger partial charge on any atom is 0.346 e. The number of hydrogen-bond donors (Lipinski definition) is 0. The molecule has 2 amide bonds. The zero-order chi connectivity index (χ0) is 14.7. The molecule has 21 heavy (non-hydrogen) atoms. The van der Waals surface area contributed by atoms with Crippen LogP contribution in [-0.4, -0.2) is 35.7 Å². The molecule has 110 valence electrons. The highest BCUT2D eigenvalue weighted by atomic mass is 32.1. The lowest BCUT2D eigenvalue weighted by molar-refractivity contribution is 0.218. The number of likely N-dealkylation sites (tertiary alicyclic amines) is 1. The maximum atomic E-state index is 12.2. The number of carbonyl (C=O) groups excluding carboxylic acids is 1. The number of amides is 2.